The van der Waals surface area contributed by atoms with E-state index in [1.54, 1.807) is 6.92 Å². The molecular formula is C15H17FN4O3. The third-order valence-electron chi connectivity index (χ3n) is 3.45. The van der Waals surface area contributed by atoms with Gasteiger partial charge in [-0.3, -0.25) is 14.2 Å². The summed E-state index contributed by atoms with van der Waals surface area (Å²) in [5.74, 6) is -1.13. The fraction of sp³-hybridized carbons (Fsp3) is 0.333. The zero-order valence-electron chi connectivity index (χ0n) is 13.0. The number of nitrogens with zero attached hydrogens (tertiary/aromatic N) is 3. The molecule has 0 saturated carbocycles. The summed E-state index contributed by atoms with van der Waals surface area (Å²) in [7, 11) is 1.26. The van der Waals surface area contributed by atoms with E-state index in [2.05, 4.69) is 10.4 Å². The van der Waals surface area contributed by atoms with Crippen molar-refractivity contribution in [2.75, 3.05) is 0 Å². The van der Waals surface area contributed by atoms with Gasteiger partial charge in [0.25, 0.3) is 11.5 Å². The SMILES string of the molecule is CC[C@@H](C)NC(=O)c1nn(-c2ccc(F)cc2)c(=O)n(C)c1=O. The van der Waals surface area contributed by atoms with Crippen molar-refractivity contribution in [2.24, 2.45) is 7.05 Å². The fourth-order valence-electron chi connectivity index (χ4n) is 1.86. The summed E-state index contributed by atoms with van der Waals surface area (Å²) in [5, 5.41) is 6.49. The molecule has 0 aliphatic rings. The highest BCUT2D eigenvalue weighted by molar-refractivity contribution is 5.91. The molecule has 2 rings (SSSR count). The molecule has 1 amide bonds. The third kappa shape index (κ3) is 3.36. The van der Waals surface area contributed by atoms with Crippen LogP contribution in [-0.4, -0.2) is 26.3 Å². The predicted molar refractivity (Wildman–Crippen MR) is 82.3 cm³/mol. The van der Waals surface area contributed by atoms with Crippen molar-refractivity contribution in [1.29, 1.82) is 0 Å². The van der Waals surface area contributed by atoms with Gasteiger partial charge in [0, 0.05) is 13.1 Å². The van der Waals surface area contributed by atoms with Crippen LogP contribution in [0.3, 0.4) is 0 Å². The van der Waals surface area contributed by atoms with Gasteiger partial charge in [0.15, 0.2) is 0 Å². The monoisotopic (exact) mass is 320 g/mol. The average molecular weight is 320 g/mol. The van der Waals surface area contributed by atoms with E-state index in [0.717, 1.165) is 21.4 Å². The minimum absolute atomic E-state index is 0.139. The van der Waals surface area contributed by atoms with Crippen LogP contribution >= 0.6 is 0 Å². The van der Waals surface area contributed by atoms with Gasteiger partial charge in [0.05, 0.1) is 5.69 Å². The lowest BCUT2D eigenvalue weighted by Crippen LogP contribution is -2.45. The molecule has 0 unspecified atom stereocenters. The second-order valence-corrected chi connectivity index (χ2v) is 5.17. The number of hydrogen-bond acceptors (Lipinski definition) is 4. The molecule has 1 aromatic carbocycles. The first-order valence-corrected chi connectivity index (χ1v) is 7.12. The highest BCUT2D eigenvalue weighted by Gasteiger charge is 2.19. The van der Waals surface area contributed by atoms with Crippen LogP contribution in [0.5, 0.6) is 0 Å². The first-order chi connectivity index (χ1) is 10.8. The van der Waals surface area contributed by atoms with E-state index in [1.807, 2.05) is 6.92 Å². The summed E-state index contributed by atoms with van der Waals surface area (Å²) >= 11 is 0. The molecule has 0 spiro atoms. The minimum Gasteiger partial charge on any atom is -0.348 e. The maximum absolute atomic E-state index is 13.0. The number of carbonyl (C=O) groups is 1. The molecule has 7 nitrogen and oxygen atoms in total. The van der Waals surface area contributed by atoms with E-state index >= 15 is 0 Å². The predicted octanol–water partition coefficient (Wildman–Crippen LogP) is 0.599. The number of halogens is 1. The van der Waals surface area contributed by atoms with Crippen LogP contribution in [-0.2, 0) is 7.05 Å². The smallest absolute Gasteiger partial charge is 0.348 e. The highest BCUT2D eigenvalue weighted by atomic mass is 19.1. The lowest BCUT2D eigenvalue weighted by Gasteiger charge is -2.12. The Labute approximate surface area is 131 Å². The molecule has 2 aromatic rings. The van der Waals surface area contributed by atoms with Gasteiger partial charge in [-0.15, -0.1) is 0 Å². The van der Waals surface area contributed by atoms with Gasteiger partial charge in [0.1, 0.15) is 5.82 Å². The van der Waals surface area contributed by atoms with E-state index in [9.17, 15) is 18.8 Å². The number of benzene rings is 1. The number of hydrogen-bond donors (Lipinski definition) is 1. The Morgan fingerprint density at radius 1 is 1.30 bits per heavy atom. The Bertz CT molecular complexity index is 839. The van der Waals surface area contributed by atoms with Crippen LogP contribution in [0, 0.1) is 5.82 Å². The van der Waals surface area contributed by atoms with Crippen LogP contribution in [0.1, 0.15) is 30.8 Å². The Morgan fingerprint density at radius 3 is 2.48 bits per heavy atom. The molecule has 0 aliphatic carbocycles. The number of carbonyl (C=O) groups excluding carboxylic acids is 1. The molecule has 0 aliphatic heterocycles. The summed E-state index contributed by atoms with van der Waals surface area (Å²) in [6.45, 7) is 3.67. The van der Waals surface area contributed by atoms with Gasteiger partial charge < -0.3 is 5.32 Å². The minimum atomic E-state index is -0.783. The van der Waals surface area contributed by atoms with Gasteiger partial charge >= 0.3 is 5.69 Å². The number of nitrogens with one attached hydrogen (secondary N) is 1. The molecule has 0 saturated heterocycles. The summed E-state index contributed by atoms with van der Waals surface area (Å²) in [6, 6.07) is 4.86. The Hall–Kier alpha value is -2.77. The lowest BCUT2D eigenvalue weighted by molar-refractivity contribution is 0.0929. The second-order valence-electron chi connectivity index (χ2n) is 5.17. The second kappa shape index (κ2) is 6.55. The molecule has 0 radical (unpaired) electrons. The zero-order valence-corrected chi connectivity index (χ0v) is 13.0. The van der Waals surface area contributed by atoms with Crippen LogP contribution in [0.4, 0.5) is 4.39 Å². The molecule has 1 aromatic heterocycles. The molecule has 122 valence electrons. The van der Waals surface area contributed by atoms with Gasteiger partial charge in [-0.05, 0) is 37.6 Å². The largest absolute Gasteiger partial charge is 0.351 e. The van der Waals surface area contributed by atoms with E-state index in [-0.39, 0.29) is 11.7 Å². The van der Waals surface area contributed by atoms with Crippen molar-refractivity contribution < 1.29 is 9.18 Å². The highest BCUT2D eigenvalue weighted by Crippen LogP contribution is 2.05. The van der Waals surface area contributed by atoms with Gasteiger partial charge in [-0.1, -0.05) is 6.92 Å². The molecule has 1 heterocycles. The summed E-state index contributed by atoms with van der Waals surface area (Å²) in [5.41, 5.74) is -1.64. The first-order valence-electron chi connectivity index (χ1n) is 7.12. The Morgan fingerprint density at radius 2 is 1.91 bits per heavy atom. The van der Waals surface area contributed by atoms with Crippen LogP contribution in [0.2, 0.25) is 0 Å². The lowest BCUT2D eigenvalue weighted by atomic mass is 10.2. The van der Waals surface area contributed by atoms with Gasteiger partial charge in [0.2, 0.25) is 5.69 Å². The van der Waals surface area contributed by atoms with Crippen molar-refractivity contribution in [1.82, 2.24) is 19.7 Å². The number of aromatic nitrogens is 3. The van der Waals surface area contributed by atoms with Crippen molar-refractivity contribution >= 4 is 5.91 Å². The molecule has 23 heavy (non-hydrogen) atoms. The first kappa shape index (κ1) is 16.6. The van der Waals surface area contributed by atoms with Crippen LogP contribution in [0.15, 0.2) is 33.9 Å². The maximum atomic E-state index is 13.0. The van der Waals surface area contributed by atoms with Crippen molar-refractivity contribution in [3.05, 3.63) is 56.6 Å². The number of rotatable bonds is 4. The van der Waals surface area contributed by atoms with Crippen LogP contribution in [0.25, 0.3) is 5.69 Å². The number of amides is 1. The van der Waals surface area contributed by atoms with Crippen molar-refractivity contribution in [3.8, 4) is 5.69 Å². The normalized spacial score (nSPS) is 12.0. The van der Waals surface area contributed by atoms with Gasteiger partial charge in [-0.25, -0.2) is 9.18 Å². The Kier molecular flexibility index (Phi) is 4.73. The van der Waals surface area contributed by atoms with Crippen molar-refractivity contribution in [3.63, 3.8) is 0 Å². The van der Waals surface area contributed by atoms with Crippen LogP contribution < -0.4 is 16.6 Å². The Balaban J connectivity index is 2.57. The van der Waals surface area contributed by atoms with Gasteiger partial charge in [-0.2, -0.15) is 9.78 Å². The molecule has 0 fully saturated rings. The van der Waals surface area contributed by atoms with E-state index in [1.165, 1.54) is 19.2 Å². The molecule has 1 atom stereocenters. The molecular weight excluding hydrogens is 303 g/mol. The van der Waals surface area contributed by atoms with E-state index < -0.39 is 28.7 Å². The summed E-state index contributed by atoms with van der Waals surface area (Å²) in [4.78, 5) is 36.4. The average Bonchev–Trinajstić information content (AvgIpc) is 2.53. The molecule has 8 heteroatoms. The summed E-state index contributed by atoms with van der Waals surface area (Å²) < 4.78 is 14.7. The summed E-state index contributed by atoms with van der Waals surface area (Å²) in [6.07, 6.45) is 0.684. The molecule has 1 N–H and O–H groups in total. The van der Waals surface area contributed by atoms with E-state index in [0.29, 0.717) is 6.42 Å². The zero-order chi connectivity index (χ0) is 17.1. The topological polar surface area (TPSA) is 86.0 Å². The third-order valence-corrected chi connectivity index (χ3v) is 3.45. The standard InChI is InChI=1S/C15H17FN4O3/c1-4-9(2)17-13(21)12-14(22)19(3)15(23)20(18-12)11-7-5-10(16)6-8-11/h5-9H,4H2,1-3H3,(H,17,21)/t9-/m1/s1. The molecule has 0 bridgehead atoms. The quantitative estimate of drug-likeness (QED) is 0.894. The van der Waals surface area contributed by atoms with E-state index in [4.69, 9.17) is 0 Å². The fourth-order valence-corrected chi connectivity index (χ4v) is 1.86. The maximum Gasteiger partial charge on any atom is 0.351 e. The van der Waals surface area contributed by atoms with Crippen molar-refractivity contribution in [2.45, 2.75) is 26.3 Å².